The third kappa shape index (κ3) is 1.90. The zero-order valence-corrected chi connectivity index (χ0v) is 4.42. The Labute approximate surface area is 43.1 Å². The molecule has 0 amide bonds. The van der Waals surface area contributed by atoms with Gasteiger partial charge < -0.3 is 9.84 Å². The number of rotatable bonds is 2. The summed E-state index contributed by atoms with van der Waals surface area (Å²) in [5.74, 6) is 0. The van der Waals surface area contributed by atoms with Gasteiger partial charge in [0.05, 0.1) is 18.8 Å². The number of hydrogen-bond donors (Lipinski definition) is 1. The second-order valence-corrected chi connectivity index (χ2v) is 2.04. The Morgan fingerprint density at radius 2 is 2.57 bits per heavy atom. The molecule has 0 aliphatic carbocycles. The van der Waals surface area contributed by atoms with Crippen LogP contribution in [-0.4, -0.2) is 23.9 Å². The van der Waals surface area contributed by atoms with Gasteiger partial charge in [0.2, 0.25) is 0 Å². The van der Waals surface area contributed by atoms with E-state index >= 15 is 0 Å². The molecule has 0 aromatic rings. The third-order valence-corrected chi connectivity index (χ3v) is 1.01. The van der Waals surface area contributed by atoms with Crippen LogP contribution in [0.3, 0.4) is 0 Å². The Morgan fingerprint density at radius 1 is 2.00 bits per heavy atom. The zero-order chi connectivity index (χ0) is 5.28. The minimum Gasteiger partial charge on any atom is -0.393 e. The number of aliphatic hydroxyl groups is 1. The lowest BCUT2D eigenvalue weighted by Gasteiger charge is -1.95. The molecule has 0 spiro atoms. The van der Waals surface area contributed by atoms with Gasteiger partial charge in [0.1, 0.15) is 0 Å². The summed E-state index contributed by atoms with van der Waals surface area (Å²) in [4.78, 5) is 0. The minimum atomic E-state index is -0.188. The van der Waals surface area contributed by atoms with Crippen LogP contribution in [0.1, 0.15) is 13.3 Å². The van der Waals surface area contributed by atoms with Crippen LogP contribution in [0.2, 0.25) is 0 Å². The molecule has 0 saturated carbocycles. The number of epoxide rings is 1. The van der Waals surface area contributed by atoms with Gasteiger partial charge in [0.15, 0.2) is 0 Å². The number of hydrogen-bond acceptors (Lipinski definition) is 2. The molecule has 0 bridgehead atoms. The summed E-state index contributed by atoms with van der Waals surface area (Å²) in [5.41, 5.74) is 0. The van der Waals surface area contributed by atoms with Crippen molar-refractivity contribution >= 4 is 0 Å². The second-order valence-electron chi connectivity index (χ2n) is 2.04. The van der Waals surface area contributed by atoms with Gasteiger partial charge in [-0.25, -0.2) is 0 Å². The largest absolute Gasteiger partial charge is 0.393 e. The first kappa shape index (κ1) is 5.06. The van der Waals surface area contributed by atoms with Crippen LogP contribution >= 0.6 is 0 Å². The molecule has 2 heteroatoms. The molecule has 1 saturated heterocycles. The maximum atomic E-state index is 8.68. The monoisotopic (exact) mass is 102 g/mol. The van der Waals surface area contributed by atoms with E-state index in [2.05, 4.69) is 0 Å². The van der Waals surface area contributed by atoms with E-state index in [9.17, 15) is 0 Å². The molecular formula is C5H10O2. The molecule has 1 unspecified atom stereocenters. The average molecular weight is 102 g/mol. The van der Waals surface area contributed by atoms with Crippen molar-refractivity contribution in [3.05, 3.63) is 0 Å². The molecule has 0 aromatic heterocycles. The quantitative estimate of drug-likeness (QED) is 0.503. The first-order valence-electron chi connectivity index (χ1n) is 2.58. The Hall–Kier alpha value is -0.0800. The molecule has 1 fully saturated rings. The molecule has 1 aliphatic rings. The molecular weight excluding hydrogens is 92.1 g/mol. The van der Waals surface area contributed by atoms with Gasteiger partial charge in [-0.15, -0.1) is 0 Å². The topological polar surface area (TPSA) is 32.8 Å². The highest BCUT2D eigenvalue weighted by Crippen LogP contribution is 2.14. The van der Waals surface area contributed by atoms with Gasteiger partial charge in [0.25, 0.3) is 0 Å². The highest BCUT2D eigenvalue weighted by atomic mass is 16.6. The highest BCUT2D eigenvalue weighted by molar-refractivity contribution is 4.70. The zero-order valence-electron chi connectivity index (χ0n) is 4.42. The van der Waals surface area contributed by atoms with E-state index in [1.54, 1.807) is 6.92 Å². The van der Waals surface area contributed by atoms with Gasteiger partial charge in [-0.1, -0.05) is 0 Å². The lowest BCUT2D eigenvalue weighted by molar-refractivity contribution is 0.170. The summed E-state index contributed by atoms with van der Waals surface area (Å²) in [6.45, 7) is 2.63. The Morgan fingerprint density at radius 3 is 2.71 bits per heavy atom. The van der Waals surface area contributed by atoms with Crippen molar-refractivity contribution in [3.63, 3.8) is 0 Å². The van der Waals surface area contributed by atoms with E-state index in [1.807, 2.05) is 0 Å². The van der Waals surface area contributed by atoms with Gasteiger partial charge >= 0.3 is 0 Å². The second kappa shape index (κ2) is 1.80. The first-order valence-corrected chi connectivity index (χ1v) is 2.58. The summed E-state index contributed by atoms with van der Waals surface area (Å²) < 4.78 is 4.86. The molecule has 1 N–H and O–H groups in total. The van der Waals surface area contributed by atoms with Gasteiger partial charge in [-0.3, -0.25) is 0 Å². The molecule has 0 radical (unpaired) electrons. The van der Waals surface area contributed by atoms with Crippen molar-refractivity contribution in [1.29, 1.82) is 0 Å². The maximum Gasteiger partial charge on any atom is 0.0834 e. The minimum absolute atomic E-state index is 0.188. The molecule has 42 valence electrons. The number of ether oxygens (including phenoxy) is 1. The molecule has 1 heterocycles. The molecule has 1 aliphatic heterocycles. The van der Waals surface area contributed by atoms with Crippen LogP contribution in [0.15, 0.2) is 0 Å². The predicted octanol–water partition coefficient (Wildman–Crippen LogP) is 0.156. The van der Waals surface area contributed by atoms with E-state index in [1.165, 1.54) is 0 Å². The SMILES string of the molecule is CC(O)C[C@H]1CO1. The van der Waals surface area contributed by atoms with Gasteiger partial charge in [0, 0.05) is 6.42 Å². The first-order chi connectivity index (χ1) is 3.29. The highest BCUT2D eigenvalue weighted by Gasteiger charge is 2.23. The van der Waals surface area contributed by atoms with E-state index in [0.29, 0.717) is 6.10 Å². The lowest BCUT2D eigenvalue weighted by Crippen LogP contribution is -2.02. The fourth-order valence-electron chi connectivity index (χ4n) is 0.585. The Kier molecular flexibility index (Phi) is 1.30. The maximum absolute atomic E-state index is 8.68. The fourth-order valence-corrected chi connectivity index (χ4v) is 0.585. The van der Waals surface area contributed by atoms with Crippen molar-refractivity contribution in [2.45, 2.75) is 25.6 Å². The molecule has 1 rings (SSSR count). The van der Waals surface area contributed by atoms with E-state index in [4.69, 9.17) is 9.84 Å². The smallest absolute Gasteiger partial charge is 0.0834 e. The third-order valence-electron chi connectivity index (χ3n) is 1.01. The molecule has 2 atom stereocenters. The van der Waals surface area contributed by atoms with Crippen molar-refractivity contribution in [3.8, 4) is 0 Å². The van der Waals surface area contributed by atoms with Gasteiger partial charge in [-0.05, 0) is 6.92 Å². The Balaban J connectivity index is 1.97. The van der Waals surface area contributed by atoms with Crippen LogP contribution < -0.4 is 0 Å². The van der Waals surface area contributed by atoms with Crippen molar-refractivity contribution < 1.29 is 9.84 Å². The Bertz CT molecular complexity index is 57.1. The van der Waals surface area contributed by atoms with Crippen LogP contribution in [0.25, 0.3) is 0 Å². The van der Waals surface area contributed by atoms with Gasteiger partial charge in [-0.2, -0.15) is 0 Å². The molecule has 7 heavy (non-hydrogen) atoms. The van der Waals surface area contributed by atoms with Crippen LogP contribution in [0.4, 0.5) is 0 Å². The summed E-state index contributed by atoms with van der Waals surface area (Å²) >= 11 is 0. The molecule has 0 aromatic carbocycles. The average Bonchev–Trinajstić information content (AvgIpc) is 2.17. The summed E-state index contributed by atoms with van der Waals surface area (Å²) in [6, 6.07) is 0. The number of aliphatic hydroxyl groups excluding tert-OH is 1. The molecule has 2 nitrogen and oxygen atoms in total. The fraction of sp³-hybridized carbons (Fsp3) is 1.00. The van der Waals surface area contributed by atoms with Crippen LogP contribution in [0.5, 0.6) is 0 Å². The summed E-state index contributed by atoms with van der Waals surface area (Å²) in [7, 11) is 0. The van der Waals surface area contributed by atoms with E-state index in [-0.39, 0.29) is 6.10 Å². The summed E-state index contributed by atoms with van der Waals surface area (Å²) in [5, 5.41) is 8.68. The normalized spacial score (nSPS) is 32.6. The predicted molar refractivity (Wildman–Crippen MR) is 26.0 cm³/mol. The van der Waals surface area contributed by atoms with E-state index < -0.39 is 0 Å². The van der Waals surface area contributed by atoms with Crippen molar-refractivity contribution in [1.82, 2.24) is 0 Å². The lowest BCUT2D eigenvalue weighted by atomic mass is 10.2. The standard InChI is InChI=1S/C5H10O2/c1-4(6)2-5-3-7-5/h4-6H,2-3H2,1H3/t4?,5-/m0/s1. The summed E-state index contributed by atoms with van der Waals surface area (Å²) in [6.07, 6.45) is 0.993. The van der Waals surface area contributed by atoms with E-state index in [0.717, 1.165) is 13.0 Å². The van der Waals surface area contributed by atoms with Crippen molar-refractivity contribution in [2.75, 3.05) is 6.61 Å². The van der Waals surface area contributed by atoms with Crippen LogP contribution in [0, 0.1) is 0 Å². The van der Waals surface area contributed by atoms with Crippen LogP contribution in [-0.2, 0) is 4.74 Å². The van der Waals surface area contributed by atoms with Crippen molar-refractivity contribution in [2.24, 2.45) is 0 Å².